The number of ether oxygens (including phenoxy) is 3. The molecule has 0 fully saturated rings. The zero-order valence-corrected chi connectivity index (χ0v) is 28.6. The van der Waals surface area contributed by atoms with E-state index in [0.29, 0.717) is 28.6 Å². The first-order valence-corrected chi connectivity index (χ1v) is 16.4. The van der Waals surface area contributed by atoms with E-state index in [4.69, 9.17) is 24.4 Å². The van der Waals surface area contributed by atoms with Crippen LogP contribution in [0.15, 0.2) is 73.1 Å². The van der Waals surface area contributed by atoms with Crippen LogP contribution < -0.4 is 20.7 Å². The van der Waals surface area contributed by atoms with Crippen molar-refractivity contribution in [2.24, 2.45) is 0 Å². The highest BCUT2D eigenvalue weighted by atomic mass is 19.1. The summed E-state index contributed by atoms with van der Waals surface area (Å²) < 4.78 is 29.8. The lowest BCUT2D eigenvalue weighted by Gasteiger charge is -2.18. The molecule has 2 aromatic carbocycles. The Morgan fingerprint density at radius 3 is 2.26 bits per heavy atom. The number of halogens is 1. The molecule has 2 aromatic heterocycles. The molecule has 8 N–H and O–H groups in total. The summed E-state index contributed by atoms with van der Waals surface area (Å²) in [5, 5.41) is 44.5. The molecule has 0 radical (unpaired) electrons. The Morgan fingerprint density at radius 2 is 1.57 bits per heavy atom. The van der Waals surface area contributed by atoms with Crippen LogP contribution in [-0.4, -0.2) is 98.9 Å². The molecule has 53 heavy (non-hydrogen) atoms. The molecule has 3 amide bonds. The molecule has 0 aliphatic carbocycles. The average Bonchev–Trinajstić information content (AvgIpc) is 3.65. The number of aryl methyl sites for hydroxylation is 1. The number of aromatic nitrogens is 2. The van der Waals surface area contributed by atoms with Crippen molar-refractivity contribution in [3.05, 3.63) is 90.0 Å². The lowest BCUT2D eigenvalue weighted by Crippen LogP contribution is -2.37. The van der Waals surface area contributed by atoms with Crippen LogP contribution in [0.25, 0.3) is 11.4 Å². The van der Waals surface area contributed by atoms with Gasteiger partial charge in [0.15, 0.2) is 0 Å². The van der Waals surface area contributed by atoms with Crippen molar-refractivity contribution in [2.75, 3.05) is 37.1 Å². The van der Waals surface area contributed by atoms with E-state index in [-0.39, 0.29) is 30.5 Å². The van der Waals surface area contributed by atoms with E-state index in [2.05, 4.69) is 25.9 Å². The predicted octanol–water partition coefficient (Wildman–Crippen LogP) is 3.02. The van der Waals surface area contributed by atoms with Gasteiger partial charge in [-0.3, -0.25) is 19.4 Å². The van der Waals surface area contributed by atoms with Crippen molar-refractivity contribution in [2.45, 2.75) is 44.4 Å². The minimum atomic E-state index is -1.28. The molecule has 4 rings (SSSR count). The van der Waals surface area contributed by atoms with Crippen LogP contribution in [0.2, 0.25) is 0 Å². The number of benzene rings is 2. The zero-order valence-electron chi connectivity index (χ0n) is 28.6. The molecule has 2 heterocycles. The predicted molar refractivity (Wildman–Crippen MR) is 188 cm³/mol. The molecule has 282 valence electrons. The van der Waals surface area contributed by atoms with Gasteiger partial charge in [0.1, 0.15) is 42.7 Å². The van der Waals surface area contributed by atoms with Crippen molar-refractivity contribution >= 4 is 35.3 Å². The monoisotopic (exact) mass is 737 g/mol. The number of esters is 2. The maximum Gasteiger partial charge on any atom is 0.323 e. The largest absolute Gasteiger partial charge is 0.463 e. The molecule has 0 spiro atoms. The summed E-state index contributed by atoms with van der Waals surface area (Å²) in [5.74, 6) is -1.83. The third-order valence-electron chi connectivity index (χ3n) is 7.41. The van der Waals surface area contributed by atoms with Gasteiger partial charge in [-0.25, -0.2) is 9.18 Å². The van der Waals surface area contributed by atoms with E-state index in [1.165, 1.54) is 30.6 Å². The maximum atomic E-state index is 14.0. The fourth-order valence-electron chi connectivity index (χ4n) is 4.66. The van der Waals surface area contributed by atoms with E-state index in [1.807, 2.05) is 0 Å². The second kappa shape index (κ2) is 19.7. The Morgan fingerprint density at radius 1 is 0.868 bits per heavy atom. The van der Waals surface area contributed by atoms with Crippen molar-refractivity contribution in [1.82, 2.24) is 15.3 Å². The number of pyridine rings is 1. The number of aliphatic hydroxyl groups is 4. The third kappa shape index (κ3) is 13.0. The minimum absolute atomic E-state index is 0.0483. The Hall–Kier alpha value is -5.88. The van der Waals surface area contributed by atoms with Crippen LogP contribution in [0.1, 0.15) is 35.2 Å². The number of amides is 3. The van der Waals surface area contributed by atoms with Gasteiger partial charge in [0.05, 0.1) is 42.3 Å². The van der Waals surface area contributed by atoms with Gasteiger partial charge in [-0.05, 0) is 67.4 Å². The van der Waals surface area contributed by atoms with Gasteiger partial charge in [0, 0.05) is 36.6 Å². The molecule has 17 heteroatoms. The summed E-state index contributed by atoms with van der Waals surface area (Å²) in [6, 6.07) is 14.1. The molecule has 0 saturated heterocycles. The van der Waals surface area contributed by atoms with Crippen LogP contribution in [0.4, 0.5) is 20.6 Å². The van der Waals surface area contributed by atoms with Crippen LogP contribution in [0.5, 0.6) is 11.5 Å². The number of anilines is 2. The summed E-state index contributed by atoms with van der Waals surface area (Å²) >= 11 is 0. The normalized spacial score (nSPS) is 12.6. The minimum Gasteiger partial charge on any atom is -0.463 e. The van der Waals surface area contributed by atoms with Gasteiger partial charge in [0.2, 0.25) is 0 Å². The lowest BCUT2D eigenvalue weighted by atomic mass is 10.1. The molecule has 4 aromatic rings. The molecular formula is C36H40FN5O11. The molecule has 0 aliphatic heterocycles. The molecule has 0 bridgehead atoms. The molecule has 0 saturated carbocycles. The number of carbonyl (C=O) groups excluding carboxylic acids is 4. The quantitative estimate of drug-likeness (QED) is 0.0688. The number of hydrogen-bond acceptors (Lipinski definition) is 12. The van der Waals surface area contributed by atoms with E-state index < -0.39 is 74.4 Å². The van der Waals surface area contributed by atoms with E-state index in [9.17, 15) is 33.8 Å². The second-order valence-corrected chi connectivity index (χ2v) is 11.8. The third-order valence-corrected chi connectivity index (χ3v) is 7.41. The Kier molecular flexibility index (Phi) is 14.8. The smallest absolute Gasteiger partial charge is 0.323 e. The molecule has 16 nitrogen and oxygen atoms in total. The highest BCUT2D eigenvalue weighted by Crippen LogP contribution is 2.27. The summed E-state index contributed by atoms with van der Waals surface area (Å²) in [6.07, 6.45) is -0.260. The molecule has 3 atom stereocenters. The van der Waals surface area contributed by atoms with Gasteiger partial charge in [-0.15, -0.1) is 0 Å². The van der Waals surface area contributed by atoms with Crippen molar-refractivity contribution in [3.8, 4) is 22.9 Å². The number of aromatic amines is 1. The van der Waals surface area contributed by atoms with Gasteiger partial charge in [-0.2, -0.15) is 0 Å². The molecule has 3 unspecified atom stereocenters. The number of nitrogens with one attached hydrogen (secondary N) is 4. The van der Waals surface area contributed by atoms with Crippen molar-refractivity contribution in [3.63, 3.8) is 0 Å². The first-order valence-electron chi connectivity index (χ1n) is 16.4. The standard InChI is InChI=1S/C36H40FN5O11/c1-21-2-8-29(37)30(12-21)42-36(50)41-23-3-6-27(7-4-23)53-28-10-11-38-32(15-28)31-13-22(16-39-31)35(49)40-24(14-34(48)52-20-26(46)18-44)5-9-33(47)51-19-25(45)17-43/h2-4,6-8,10-13,15-16,24-26,39,43-46H,5,9,14,17-20H2,1H3,(H,40,49)(H2,41,42,50). The first kappa shape index (κ1) is 39.9. The number of rotatable bonds is 18. The summed E-state index contributed by atoms with van der Waals surface area (Å²) in [6.45, 7) is -0.329. The Balaban J connectivity index is 1.35. The number of hydrogen-bond donors (Lipinski definition) is 8. The van der Waals surface area contributed by atoms with Gasteiger partial charge >= 0.3 is 18.0 Å². The number of aliphatic hydroxyl groups excluding tert-OH is 4. The van der Waals surface area contributed by atoms with Crippen LogP contribution in [0.3, 0.4) is 0 Å². The van der Waals surface area contributed by atoms with Gasteiger partial charge < -0.3 is 55.6 Å². The first-order chi connectivity index (χ1) is 25.4. The fraction of sp³-hybridized carbons (Fsp3) is 0.306. The van der Waals surface area contributed by atoms with E-state index in [1.54, 1.807) is 49.4 Å². The topological polar surface area (TPSA) is 242 Å². The van der Waals surface area contributed by atoms with Crippen molar-refractivity contribution in [1.29, 1.82) is 0 Å². The average molecular weight is 738 g/mol. The number of urea groups is 1. The SMILES string of the molecule is Cc1ccc(F)c(NC(=O)Nc2ccc(Oc3ccnc(-c4cc(C(=O)NC(CCC(=O)OCC(O)CO)CC(=O)OCC(O)CO)c[nH]4)c3)cc2)c1. The van der Waals surface area contributed by atoms with E-state index in [0.717, 1.165) is 5.56 Å². The second-order valence-electron chi connectivity index (χ2n) is 11.8. The zero-order chi connectivity index (χ0) is 38.3. The van der Waals surface area contributed by atoms with Gasteiger partial charge in [-0.1, -0.05) is 6.07 Å². The van der Waals surface area contributed by atoms with Gasteiger partial charge in [0.25, 0.3) is 5.91 Å². The highest BCUT2D eigenvalue weighted by Gasteiger charge is 2.22. The summed E-state index contributed by atoms with van der Waals surface area (Å²) in [5.41, 5.74) is 2.34. The molecular weight excluding hydrogens is 697 g/mol. The van der Waals surface area contributed by atoms with Crippen LogP contribution in [0, 0.1) is 12.7 Å². The fourth-order valence-corrected chi connectivity index (χ4v) is 4.66. The highest BCUT2D eigenvalue weighted by molar-refractivity contribution is 6.00. The Labute approximate surface area is 302 Å². The molecule has 0 aliphatic rings. The number of nitrogens with zero attached hydrogens (tertiary/aromatic N) is 1. The van der Waals surface area contributed by atoms with Crippen LogP contribution >= 0.6 is 0 Å². The summed E-state index contributed by atoms with van der Waals surface area (Å²) in [7, 11) is 0. The summed E-state index contributed by atoms with van der Waals surface area (Å²) in [4.78, 5) is 57.4. The lowest BCUT2D eigenvalue weighted by molar-refractivity contribution is -0.150. The van der Waals surface area contributed by atoms with E-state index >= 15 is 0 Å². The Bertz CT molecular complexity index is 1850. The maximum absolute atomic E-state index is 14.0. The van der Waals surface area contributed by atoms with Crippen LogP contribution in [-0.2, 0) is 19.1 Å². The van der Waals surface area contributed by atoms with Crippen molar-refractivity contribution < 1.29 is 58.2 Å². The number of H-pyrrole nitrogens is 1. The number of carbonyl (C=O) groups is 4.